The van der Waals surface area contributed by atoms with Crippen molar-refractivity contribution in [3.63, 3.8) is 0 Å². The lowest BCUT2D eigenvalue weighted by molar-refractivity contribution is -0.286. The predicted octanol–water partition coefficient (Wildman–Crippen LogP) is -0.920. The predicted molar refractivity (Wildman–Crippen MR) is 52.9 cm³/mol. The summed E-state index contributed by atoms with van der Waals surface area (Å²) in [5, 5.41) is 38.1. The van der Waals surface area contributed by atoms with Crippen molar-refractivity contribution in [3.05, 3.63) is 0 Å². The maximum absolute atomic E-state index is 9.84. The van der Waals surface area contributed by atoms with E-state index in [0.717, 1.165) is 0 Å². The molecule has 1 fully saturated rings. The first-order valence-electron chi connectivity index (χ1n) is 5.09. The van der Waals surface area contributed by atoms with Gasteiger partial charge in [0.25, 0.3) is 0 Å². The Morgan fingerprint density at radius 1 is 1.07 bits per heavy atom. The van der Waals surface area contributed by atoms with Gasteiger partial charge in [0.15, 0.2) is 6.29 Å². The summed E-state index contributed by atoms with van der Waals surface area (Å²) in [6.45, 7) is 5.12. The fourth-order valence-corrected chi connectivity index (χ4v) is 2.04. The summed E-state index contributed by atoms with van der Waals surface area (Å²) in [5.74, 6) is -0.574. The zero-order valence-corrected chi connectivity index (χ0v) is 9.29. The number of hydrogen-bond acceptors (Lipinski definition) is 5. The summed E-state index contributed by atoms with van der Waals surface area (Å²) in [4.78, 5) is 0. The summed E-state index contributed by atoms with van der Waals surface area (Å²) < 4.78 is 5.05. The van der Waals surface area contributed by atoms with E-state index in [1.165, 1.54) is 0 Å². The van der Waals surface area contributed by atoms with Crippen LogP contribution in [0.2, 0.25) is 0 Å². The standard InChI is InChI=1S/C10H20O5/c1-10(2,3)6-8(13)7(12)5(4-11)15-9(6)14/h5-9,11-14H,4H2,1-3H3/t5?,6?,7-,8-,9?/m1/s1. The number of ether oxygens (including phenoxy) is 1. The summed E-state index contributed by atoms with van der Waals surface area (Å²) >= 11 is 0. The second-order valence-corrected chi connectivity index (χ2v) is 5.12. The van der Waals surface area contributed by atoms with Crippen molar-refractivity contribution in [2.45, 2.75) is 45.4 Å². The Balaban J connectivity index is 2.84. The van der Waals surface area contributed by atoms with Crippen LogP contribution in [0.4, 0.5) is 0 Å². The molecule has 90 valence electrons. The zero-order chi connectivity index (χ0) is 11.8. The van der Waals surface area contributed by atoms with Crippen LogP contribution in [-0.4, -0.2) is 51.6 Å². The second kappa shape index (κ2) is 4.35. The minimum Gasteiger partial charge on any atom is -0.394 e. The summed E-state index contributed by atoms with van der Waals surface area (Å²) in [5.41, 5.74) is -0.389. The molecule has 0 spiro atoms. The van der Waals surface area contributed by atoms with E-state index >= 15 is 0 Å². The Kier molecular flexibility index (Phi) is 3.73. The van der Waals surface area contributed by atoms with Gasteiger partial charge in [0.05, 0.1) is 12.7 Å². The van der Waals surface area contributed by atoms with E-state index in [-0.39, 0.29) is 5.41 Å². The maximum Gasteiger partial charge on any atom is 0.161 e. The zero-order valence-electron chi connectivity index (χ0n) is 9.29. The Hall–Kier alpha value is -0.200. The number of aliphatic hydroxyl groups excluding tert-OH is 4. The molecule has 4 N–H and O–H groups in total. The van der Waals surface area contributed by atoms with Crippen LogP contribution in [0.3, 0.4) is 0 Å². The molecule has 0 bridgehead atoms. The third-order valence-corrected chi connectivity index (χ3v) is 2.90. The van der Waals surface area contributed by atoms with Gasteiger partial charge in [0.2, 0.25) is 0 Å². The van der Waals surface area contributed by atoms with Gasteiger partial charge >= 0.3 is 0 Å². The largest absolute Gasteiger partial charge is 0.394 e. The van der Waals surface area contributed by atoms with Gasteiger partial charge in [-0.1, -0.05) is 20.8 Å². The normalized spacial score (nSPS) is 43.0. The van der Waals surface area contributed by atoms with Gasteiger partial charge in [-0.05, 0) is 5.41 Å². The van der Waals surface area contributed by atoms with Gasteiger partial charge in [-0.15, -0.1) is 0 Å². The van der Waals surface area contributed by atoms with Gasteiger partial charge in [-0.2, -0.15) is 0 Å². The fourth-order valence-electron chi connectivity index (χ4n) is 2.04. The molecule has 0 aliphatic carbocycles. The molecule has 3 unspecified atom stereocenters. The highest BCUT2D eigenvalue weighted by Crippen LogP contribution is 2.37. The summed E-state index contributed by atoms with van der Waals surface area (Å²) in [6, 6.07) is 0. The minimum absolute atomic E-state index is 0.389. The minimum atomic E-state index is -1.17. The van der Waals surface area contributed by atoms with Crippen LogP contribution < -0.4 is 0 Å². The summed E-state index contributed by atoms with van der Waals surface area (Å²) in [7, 11) is 0. The smallest absolute Gasteiger partial charge is 0.161 e. The molecule has 1 aliphatic rings. The summed E-state index contributed by atoms with van der Waals surface area (Å²) in [6.07, 6.45) is -4.34. The molecule has 0 amide bonds. The van der Waals surface area contributed by atoms with Crippen molar-refractivity contribution in [2.24, 2.45) is 11.3 Å². The van der Waals surface area contributed by atoms with Crippen molar-refractivity contribution < 1.29 is 25.2 Å². The van der Waals surface area contributed by atoms with E-state index < -0.39 is 37.1 Å². The van der Waals surface area contributed by atoms with E-state index in [9.17, 15) is 15.3 Å². The molecule has 1 aliphatic heterocycles. The number of hydrogen-bond donors (Lipinski definition) is 4. The second-order valence-electron chi connectivity index (χ2n) is 5.12. The average Bonchev–Trinajstić information content (AvgIpc) is 2.09. The first-order valence-corrected chi connectivity index (χ1v) is 5.09. The molecule has 1 heterocycles. The molecule has 0 aromatic heterocycles. The Morgan fingerprint density at radius 2 is 1.60 bits per heavy atom. The third kappa shape index (κ3) is 2.49. The Labute approximate surface area is 89.3 Å². The van der Waals surface area contributed by atoms with E-state index in [1.807, 2.05) is 20.8 Å². The molecule has 5 atom stereocenters. The highest BCUT2D eigenvalue weighted by Gasteiger charge is 2.48. The lowest BCUT2D eigenvalue weighted by Crippen LogP contribution is -2.58. The van der Waals surface area contributed by atoms with Gasteiger partial charge < -0.3 is 25.2 Å². The Bertz CT molecular complexity index is 212. The van der Waals surface area contributed by atoms with Crippen LogP contribution in [-0.2, 0) is 4.74 Å². The van der Waals surface area contributed by atoms with Gasteiger partial charge in [-0.3, -0.25) is 0 Å². The van der Waals surface area contributed by atoms with Gasteiger partial charge in [-0.25, -0.2) is 0 Å². The molecule has 5 heteroatoms. The van der Waals surface area contributed by atoms with Crippen molar-refractivity contribution >= 4 is 0 Å². The topological polar surface area (TPSA) is 90.2 Å². The van der Waals surface area contributed by atoms with Crippen LogP contribution in [0.5, 0.6) is 0 Å². The monoisotopic (exact) mass is 220 g/mol. The lowest BCUT2D eigenvalue weighted by Gasteiger charge is -2.45. The maximum atomic E-state index is 9.84. The van der Waals surface area contributed by atoms with Crippen molar-refractivity contribution in [1.82, 2.24) is 0 Å². The molecule has 1 rings (SSSR count). The van der Waals surface area contributed by atoms with E-state index in [0.29, 0.717) is 0 Å². The molecular formula is C10H20O5. The van der Waals surface area contributed by atoms with Crippen LogP contribution in [0.1, 0.15) is 20.8 Å². The lowest BCUT2D eigenvalue weighted by atomic mass is 9.73. The third-order valence-electron chi connectivity index (χ3n) is 2.90. The van der Waals surface area contributed by atoms with Crippen LogP contribution in [0.25, 0.3) is 0 Å². The molecule has 0 saturated carbocycles. The molecule has 0 aromatic rings. The van der Waals surface area contributed by atoms with Crippen LogP contribution in [0, 0.1) is 11.3 Å². The van der Waals surface area contributed by atoms with Crippen LogP contribution >= 0.6 is 0 Å². The molecule has 0 radical (unpaired) electrons. The fraction of sp³-hybridized carbons (Fsp3) is 1.00. The quantitative estimate of drug-likeness (QED) is 0.459. The molecule has 1 saturated heterocycles. The van der Waals surface area contributed by atoms with Crippen molar-refractivity contribution in [1.29, 1.82) is 0 Å². The first-order chi connectivity index (χ1) is 6.79. The van der Waals surface area contributed by atoms with E-state index in [2.05, 4.69) is 0 Å². The van der Waals surface area contributed by atoms with Gasteiger partial charge in [0, 0.05) is 5.92 Å². The van der Waals surface area contributed by atoms with Gasteiger partial charge in [0.1, 0.15) is 12.2 Å². The van der Waals surface area contributed by atoms with E-state index in [1.54, 1.807) is 0 Å². The van der Waals surface area contributed by atoms with Crippen molar-refractivity contribution in [2.75, 3.05) is 6.61 Å². The molecule has 0 aromatic carbocycles. The number of aliphatic hydroxyl groups is 4. The SMILES string of the molecule is CC(C)(C)C1C(O)OC(CO)[C@@H](O)[C@@H]1O. The molecule has 15 heavy (non-hydrogen) atoms. The Morgan fingerprint density at radius 3 is 2.00 bits per heavy atom. The molecular weight excluding hydrogens is 200 g/mol. The van der Waals surface area contributed by atoms with Crippen molar-refractivity contribution in [3.8, 4) is 0 Å². The van der Waals surface area contributed by atoms with Crippen LogP contribution in [0.15, 0.2) is 0 Å². The number of rotatable bonds is 1. The van der Waals surface area contributed by atoms with E-state index in [4.69, 9.17) is 9.84 Å². The highest BCUT2D eigenvalue weighted by molar-refractivity contribution is 4.93. The highest BCUT2D eigenvalue weighted by atomic mass is 16.6. The average molecular weight is 220 g/mol. The molecule has 5 nitrogen and oxygen atoms in total. The first kappa shape index (κ1) is 12.9.